The number of nitrogen functional groups attached to an aromatic ring is 1. The van der Waals surface area contributed by atoms with Gasteiger partial charge in [0, 0.05) is 5.88 Å². The van der Waals surface area contributed by atoms with Crippen LogP contribution in [0.4, 0.5) is 5.82 Å². The first-order chi connectivity index (χ1) is 5.74. The third kappa shape index (κ3) is 2.24. The molecule has 0 aliphatic rings. The maximum Gasteiger partial charge on any atom is 0.124 e. The fraction of sp³-hybridized carbons (Fsp3) is 0.222. The van der Waals surface area contributed by atoms with Crippen molar-refractivity contribution in [3.63, 3.8) is 0 Å². The van der Waals surface area contributed by atoms with Gasteiger partial charge < -0.3 is 5.73 Å². The van der Waals surface area contributed by atoms with E-state index in [9.17, 15) is 0 Å². The predicted octanol–water partition coefficient (Wildman–Crippen LogP) is 2.22. The summed E-state index contributed by atoms with van der Waals surface area (Å²) >= 11 is 5.50. The van der Waals surface area contributed by atoms with Crippen molar-refractivity contribution in [2.24, 2.45) is 0 Å². The molecule has 0 aromatic carbocycles. The fourth-order valence-corrected chi connectivity index (χ4v) is 0.974. The lowest BCUT2D eigenvalue weighted by Gasteiger charge is -1.99. The van der Waals surface area contributed by atoms with Gasteiger partial charge in [0.05, 0.1) is 5.69 Å². The van der Waals surface area contributed by atoms with E-state index in [0.29, 0.717) is 11.7 Å². The molecule has 1 heterocycles. The van der Waals surface area contributed by atoms with Crippen LogP contribution in [0.5, 0.6) is 0 Å². The summed E-state index contributed by atoms with van der Waals surface area (Å²) in [5.74, 6) is 1.03. The second kappa shape index (κ2) is 4.12. The smallest absolute Gasteiger partial charge is 0.124 e. The molecule has 2 N–H and O–H groups in total. The molecule has 2 nitrogen and oxygen atoms in total. The summed E-state index contributed by atoms with van der Waals surface area (Å²) in [6.07, 6.45) is 3.72. The Bertz CT molecular complexity index is 295. The van der Waals surface area contributed by atoms with Crippen molar-refractivity contribution >= 4 is 23.5 Å². The van der Waals surface area contributed by atoms with E-state index in [0.717, 1.165) is 11.3 Å². The van der Waals surface area contributed by atoms with Gasteiger partial charge in [-0.25, -0.2) is 4.98 Å². The van der Waals surface area contributed by atoms with E-state index in [2.05, 4.69) is 4.98 Å². The van der Waals surface area contributed by atoms with Crippen molar-refractivity contribution in [3.8, 4) is 0 Å². The molecule has 0 saturated heterocycles. The maximum absolute atomic E-state index is 5.52. The van der Waals surface area contributed by atoms with Gasteiger partial charge in [-0.05, 0) is 24.6 Å². The summed E-state index contributed by atoms with van der Waals surface area (Å²) in [6.45, 7) is 1.99. The summed E-state index contributed by atoms with van der Waals surface area (Å²) in [6, 6.07) is 3.73. The fourth-order valence-electron chi connectivity index (χ4n) is 0.885. The number of pyridine rings is 1. The Balaban J connectivity index is 2.97. The molecule has 0 amide bonds. The van der Waals surface area contributed by atoms with Crippen LogP contribution in [-0.4, -0.2) is 10.9 Å². The highest BCUT2D eigenvalue weighted by Crippen LogP contribution is 2.09. The second-order valence-corrected chi connectivity index (χ2v) is 2.80. The Hall–Kier alpha value is -1.02. The number of halogens is 1. The normalized spacial score (nSPS) is 10.8. The monoisotopic (exact) mass is 182 g/mol. The Kier molecular flexibility index (Phi) is 3.11. The molecule has 0 aliphatic carbocycles. The van der Waals surface area contributed by atoms with E-state index in [1.54, 1.807) is 6.07 Å². The maximum atomic E-state index is 5.52. The van der Waals surface area contributed by atoms with Crippen LogP contribution in [-0.2, 0) is 0 Å². The minimum Gasteiger partial charge on any atom is -0.384 e. The number of nitrogens with zero attached hydrogens (tertiary/aromatic N) is 1. The molecule has 0 radical (unpaired) electrons. The number of anilines is 1. The highest BCUT2D eigenvalue weighted by Gasteiger charge is 1.94. The average Bonchev–Trinajstić information content (AvgIpc) is 2.07. The van der Waals surface area contributed by atoms with Crippen LogP contribution in [0.1, 0.15) is 11.3 Å². The zero-order valence-electron chi connectivity index (χ0n) is 6.92. The summed E-state index contributed by atoms with van der Waals surface area (Å²) in [4.78, 5) is 4.14. The lowest BCUT2D eigenvalue weighted by atomic mass is 10.2. The molecule has 3 heteroatoms. The van der Waals surface area contributed by atoms with Gasteiger partial charge in [0.15, 0.2) is 0 Å². The Morgan fingerprint density at radius 1 is 1.58 bits per heavy atom. The molecule has 0 atom stereocenters. The topological polar surface area (TPSA) is 38.9 Å². The van der Waals surface area contributed by atoms with Crippen LogP contribution in [0.3, 0.4) is 0 Å². The number of allylic oxidation sites excluding steroid dienone is 1. The van der Waals surface area contributed by atoms with Crippen molar-refractivity contribution in [2.45, 2.75) is 6.92 Å². The third-order valence-corrected chi connectivity index (χ3v) is 1.70. The molecule has 64 valence electrons. The van der Waals surface area contributed by atoms with Crippen LogP contribution in [0.2, 0.25) is 0 Å². The quantitative estimate of drug-likeness (QED) is 0.713. The summed E-state index contributed by atoms with van der Waals surface area (Å²) in [5.41, 5.74) is 7.51. The molecule has 1 aromatic heterocycles. The first-order valence-corrected chi connectivity index (χ1v) is 4.23. The summed E-state index contributed by atoms with van der Waals surface area (Å²) in [7, 11) is 0. The minimum atomic E-state index is 0.496. The average molecular weight is 183 g/mol. The van der Waals surface area contributed by atoms with Gasteiger partial charge in [-0.15, -0.1) is 11.6 Å². The van der Waals surface area contributed by atoms with Crippen LogP contribution in [0.15, 0.2) is 18.2 Å². The van der Waals surface area contributed by atoms with Gasteiger partial charge in [-0.2, -0.15) is 0 Å². The summed E-state index contributed by atoms with van der Waals surface area (Å²) in [5, 5.41) is 0. The minimum absolute atomic E-state index is 0.496. The first-order valence-electron chi connectivity index (χ1n) is 3.69. The van der Waals surface area contributed by atoms with Crippen LogP contribution < -0.4 is 5.73 Å². The highest BCUT2D eigenvalue weighted by atomic mass is 35.5. The Morgan fingerprint density at radius 2 is 2.33 bits per heavy atom. The third-order valence-electron chi connectivity index (χ3n) is 1.52. The molecule has 0 unspecified atom stereocenters. The van der Waals surface area contributed by atoms with Crippen LogP contribution >= 0.6 is 11.6 Å². The van der Waals surface area contributed by atoms with Gasteiger partial charge in [-0.3, -0.25) is 0 Å². The van der Waals surface area contributed by atoms with E-state index in [1.165, 1.54) is 0 Å². The first kappa shape index (κ1) is 9.07. The van der Waals surface area contributed by atoms with Crippen molar-refractivity contribution in [1.82, 2.24) is 4.98 Å². The highest BCUT2D eigenvalue weighted by molar-refractivity contribution is 6.19. The van der Waals surface area contributed by atoms with Gasteiger partial charge >= 0.3 is 0 Å². The largest absolute Gasteiger partial charge is 0.384 e. The number of hydrogen-bond acceptors (Lipinski definition) is 2. The molecular formula is C9H11ClN2. The predicted molar refractivity (Wildman–Crippen MR) is 53.1 cm³/mol. The van der Waals surface area contributed by atoms with E-state index < -0.39 is 0 Å². The number of rotatable bonds is 2. The molecule has 0 bridgehead atoms. The van der Waals surface area contributed by atoms with E-state index in [1.807, 2.05) is 25.1 Å². The van der Waals surface area contributed by atoms with Gasteiger partial charge in [0.25, 0.3) is 0 Å². The number of aryl methyl sites for hydroxylation is 1. The van der Waals surface area contributed by atoms with Crippen molar-refractivity contribution in [2.75, 3.05) is 11.6 Å². The van der Waals surface area contributed by atoms with Crippen molar-refractivity contribution in [3.05, 3.63) is 29.5 Å². The van der Waals surface area contributed by atoms with Gasteiger partial charge in [-0.1, -0.05) is 12.1 Å². The van der Waals surface area contributed by atoms with E-state index in [-0.39, 0.29) is 0 Å². The van der Waals surface area contributed by atoms with E-state index >= 15 is 0 Å². The lowest BCUT2D eigenvalue weighted by molar-refractivity contribution is 1.24. The number of nitrogens with two attached hydrogens (primary N) is 1. The number of aromatic nitrogens is 1. The van der Waals surface area contributed by atoms with Crippen molar-refractivity contribution < 1.29 is 0 Å². The summed E-state index contributed by atoms with van der Waals surface area (Å²) < 4.78 is 0. The Labute approximate surface area is 77.1 Å². The molecule has 1 aromatic rings. The van der Waals surface area contributed by atoms with Crippen LogP contribution in [0, 0.1) is 6.92 Å². The van der Waals surface area contributed by atoms with Gasteiger partial charge in [0.1, 0.15) is 5.82 Å². The number of hydrogen-bond donors (Lipinski definition) is 1. The molecule has 0 saturated carbocycles. The standard InChI is InChI=1S/C9H11ClN2/c1-7-4-5-9(11)12-8(7)3-2-6-10/h2-5H,6H2,1H3,(H2,11,12). The molecule has 1 rings (SSSR count). The SMILES string of the molecule is Cc1ccc(N)nc1C=CCCl. The van der Waals surface area contributed by atoms with E-state index in [4.69, 9.17) is 17.3 Å². The lowest BCUT2D eigenvalue weighted by Crippen LogP contribution is -1.93. The van der Waals surface area contributed by atoms with Crippen LogP contribution in [0.25, 0.3) is 6.08 Å². The second-order valence-electron chi connectivity index (χ2n) is 2.49. The molecular weight excluding hydrogens is 172 g/mol. The molecule has 12 heavy (non-hydrogen) atoms. The molecule has 0 fully saturated rings. The van der Waals surface area contributed by atoms with Crippen molar-refractivity contribution in [1.29, 1.82) is 0 Å². The molecule has 0 spiro atoms. The number of alkyl halides is 1. The van der Waals surface area contributed by atoms with Gasteiger partial charge in [0.2, 0.25) is 0 Å². The molecule has 0 aliphatic heterocycles. The Morgan fingerprint density at radius 3 is 3.00 bits per heavy atom. The zero-order valence-corrected chi connectivity index (χ0v) is 7.67. The zero-order chi connectivity index (χ0) is 8.97.